The van der Waals surface area contributed by atoms with Crippen molar-refractivity contribution in [2.75, 3.05) is 31.9 Å². The van der Waals surface area contributed by atoms with Crippen LogP contribution in [0.25, 0.3) is 21.5 Å². The molecule has 0 atom stereocenters. The third-order valence-corrected chi connectivity index (χ3v) is 15.2. The molecule has 0 saturated heterocycles. The molecule has 29 nitrogen and oxygen atoms in total. The van der Waals surface area contributed by atoms with Gasteiger partial charge in [0.2, 0.25) is 11.8 Å². The lowest BCUT2D eigenvalue weighted by molar-refractivity contribution is -0.115. The second-order valence-corrected chi connectivity index (χ2v) is 23.5. The molecule has 6 aromatic carbocycles. The van der Waals surface area contributed by atoms with E-state index in [2.05, 4.69) is 31.9 Å². The van der Waals surface area contributed by atoms with E-state index in [1.54, 1.807) is 0 Å². The summed E-state index contributed by atoms with van der Waals surface area (Å²) >= 11 is 0. The molecular weight excluding hydrogens is 1110 g/mol. The van der Waals surface area contributed by atoms with Gasteiger partial charge in [0.05, 0.1) is 43.7 Å². The topological polar surface area (TPSA) is 484 Å². The van der Waals surface area contributed by atoms with Gasteiger partial charge >= 0.3 is 6.03 Å². The number of anilines is 6. The van der Waals surface area contributed by atoms with Gasteiger partial charge in [0.1, 0.15) is 19.6 Å². The van der Waals surface area contributed by atoms with Crippen molar-refractivity contribution < 1.29 is 102 Å². The summed E-state index contributed by atoms with van der Waals surface area (Å²) in [6.45, 7) is 1.97. The Balaban J connectivity index is 1.34. The normalized spacial score (nSPS) is 12.4. The van der Waals surface area contributed by atoms with Crippen LogP contribution in [0.15, 0.2) is 114 Å². The number of rotatable bonds is 14. The fourth-order valence-corrected chi connectivity index (χ4v) is 11.1. The number of fused-ring (bicyclic) bond motifs is 2. The Labute approximate surface area is 416 Å². The van der Waals surface area contributed by atoms with Crippen LogP contribution in [0.5, 0.6) is 0 Å². The van der Waals surface area contributed by atoms with Gasteiger partial charge in [0.15, 0.2) is 0 Å². The molecule has 6 aromatic rings. The molecule has 0 aliphatic carbocycles. The average molecular weight is 1150 g/mol. The number of hydrogen-bond acceptors (Lipinski definition) is 17. The molecule has 6 amide bonds. The van der Waals surface area contributed by atoms with Gasteiger partial charge in [0.25, 0.3) is 72.5 Å². The summed E-state index contributed by atoms with van der Waals surface area (Å²) in [5, 5.41) is 10.9. The number of nitrogens with one attached hydrogen (secondary N) is 6. The molecule has 0 heterocycles. The molecule has 35 heteroatoms. The van der Waals surface area contributed by atoms with Crippen LogP contribution in [0.1, 0.15) is 34.6 Å². The van der Waals surface area contributed by atoms with E-state index >= 15 is 0 Å². The van der Waals surface area contributed by atoms with E-state index in [9.17, 15) is 102 Å². The highest BCUT2D eigenvalue weighted by atomic mass is 32.2. The minimum absolute atomic E-state index is 0.377. The Morgan fingerprint density at radius 1 is 0.351 bits per heavy atom. The van der Waals surface area contributed by atoms with Crippen molar-refractivity contribution in [2.45, 2.75) is 43.2 Å². The summed E-state index contributed by atoms with van der Waals surface area (Å²) in [6, 6.07) is 8.78. The fourth-order valence-electron chi connectivity index (χ4n) is 6.99. The predicted octanol–water partition coefficient (Wildman–Crippen LogP) is 3.54. The van der Waals surface area contributed by atoms with Crippen LogP contribution in [0.2, 0.25) is 0 Å². The summed E-state index contributed by atoms with van der Waals surface area (Å²) < 4.78 is 208. The van der Waals surface area contributed by atoms with E-state index in [-0.39, 0.29) is 11.4 Å². The molecule has 74 heavy (non-hydrogen) atoms. The first-order valence-corrected chi connectivity index (χ1v) is 28.1. The highest BCUT2D eigenvalue weighted by Gasteiger charge is 2.29. The van der Waals surface area contributed by atoms with E-state index in [4.69, 9.17) is 0 Å². The maximum atomic E-state index is 13.8. The lowest BCUT2D eigenvalue weighted by Gasteiger charge is -2.18. The van der Waals surface area contributed by atoms with E-state index in [0.29, 0.717) is 48.5 Å². The first-order chi connectivity index (χ1) is 33.8. The molecule has 0 aliphatic heterocycles. The second kappa shape index (κ2) is 19.7. The molecular formula is C39H32N6O23S6. The molecule has 0 radical (unpaired) electrons. The van der Waals surface area contributed by atoms with Crippen LogP contribution in [0.4, 0.5) is 38.9 Å². The van der Waals surface area contributed by atoms with Crippen molar-refractivity contribution >= 4 is 146 Å². The molecule has 6 rings (SSSR count). The van der Waals surface area contributed by atoms with Crippen molar-refractivity contribution in [3.05, 3.63) is 96.1 Å². The predicted molar refractivity (Wildman–Crippen MR) is 257 cm³/mol. The third-order valence-electron chi connectivity index (χ3n) is 9.92. The summed E-state index contributed by atoms with van der Waals surface area (Å²) in [5.41, 5.74) is -4.95. The van der Waals surface area contributed by atoms with Crippen LogP contribution in [0, 0.1) is 0 Å². The van der Waals surface area contributed by atoms with Gasteiger partial charge in [-0.2, -0.15) is 50.5 Å². The molecule has 0 aromatic heterocycles. The monoisotopic (exact) mass is 1140 g/mol. The van der Waals surface area contributed by atoms with E-state index in [0.717, 1.165) is 50.2 Å². The molecule has 0 saturated carbocycles. The smallest absolute Gasteiger partial charge is 0.323 e. The molecule has 0 aliphatic rings. The second-order valence-electron chi connectivity index (χ2n) is 15.1. The zero-order chi connectivity index (χ0) is 55.4. The van der Waals surface area contributed by atoms with E-state index in [1.165, 1.54) is 0 Å². The maximum absolute atomic E-state index is 13.8. The van der Waals surface area contributed by atoms with Crippen LogP contribution in [0.3, 0.4) is 0 Å². The van der Waals surface area contributed by atoms with Gasteiger partial charge < -0.3 is 31.9 Å². The van der Waals surface area contributed by atoms with Crippen LogP contribution < -0.4 is 31.9 Å². The molecule has 12 N–H and O–H groups in total. The number of benzene rings is 6. The standard InChI is InChI=1S/C39H32N6O23S6/c1-17(46)40-29-9-7-23-27(13-21(69(51,52)53)15-33(23)73(63,64)65)35(29)44-37(48)25-5-3-19(11-31(25)71(57,58)59)42-39(50)43-20-4-6-26(32(12-20)72(60,61)62)38(49)45-36-28-14-22(70(54,55)56)16-34(74(66,67)68)24(28)8-10-30(36)41-18(2)47/h3-16H,1-2H3,(H,40,46)(H,41,47)(H,44,48)(H,45,49)(H2,42,43,50)(H,51,52,53)(H,54,55,56)(H,57,58,59)(H,60,61,62)(H,63,64,65)(H,66,67,68). The lowest BCUT2D eigenvalue weighted by atomic mass is 10.1. The van der Waals surface area contributed by atoms with Crippen LogP contribution >= 0.6 is 0 Å². The Kier molecular flexibility index (Phi) is 14.9. The molecule has 0 spiro atoms. The summed E-state index contributed by atoms with van der Waals surface area (Å²) in [6.07, 6.45) is 0. The minimum atomic E-state index is -5.46. The Morgan fingerprint density at radius 3 is 0.959 bits per heavy atom. The highest BCUT2D eigenvalue weighted by Crippen LogP contribution is 2.40. The number of carbonyl (C=O) groups excluding carboxylic acids is 5. The number of carbonyl (C=O) groups is 5. The quantitative estimate of drug-likeness (QED) is 0.0694. The first-order valence-electron chi connectivity index (χ1n) is 19.4. The average Bonchev–Trinajstić information content (AvgIpc) is 3.24. The SMILES string of the molecule is CC(=O)Nc1ccc2c(S(=O)(=O)O)cc(S(=O)(=O)O)cc2c1NC(=O)c1ccc(NC(=O)Nc2ccc(C(=O)Nc3c(NC(C)=O)ccc4c(S(=O)(=O)O)cc(S(=O)(=O)O)cc34)c(S(=O)(=O)O)c2)cc1S(=O)(=O)O. The summed E-state index contributed by atoms with van der Waals surface area (Å²) in [7, 11) is -32.0. The molecule has 0 fully saturated rings. The van der Waals surface area contributed by atoms with Crippen LogP contribution in [-0.4, -0.2) is 107 Å². The number of hydrogen-bond donors (Lipinski definition) is 12. The van der Waals surface area contributed by atoms with Crippen molar-refractivity contribution in [3.8, 4) is 0 Å². The van der Waals surface area contributed by atoms with Crippen molar-refractivity contribution in [1.82, 2.24) is 0 Å². The van der Waals surface area contributed by atoms with Gasteiger partial charge in [-0.1, -0.05) is 12.1 Å². The van der Waals surface area contributed by atoms with Gasteiger partial charge in [-0.25, -0.2) is 4.79 Å². The van der Waals surface area contributed by atoms with Gasteiger partial charge in [-0.3, -0.25) is 46.5 Å². The summed E-state index contributed by atoms with van der Waals surface area (Å²) in [4.78, 5) is 58.0. The zero-order valence-corrected chi connectivity index (χ0v) is 41.6. The highest BCUT2D eigenvalue weighted by molar-refractivity contribution is 7.87. The minimum Gasteiger partial charge on any atom is -0.325 e. The number of amides is 6. The van der Waals surface area contributed by atoms with Crippen LogP contribution in [-0.2, 0) is 70.3 Å². The fraction of sp³-hybridized carbons (Fsp3) is 0.0513. The lowest BCUT2D eigenvalue weighted by Crippen LogP contribution is -2.22. The van der Waals surface area contributed by atoms with E-state index in [1.807, 2.05) is 0 Å². The Hall–Kier alpha value is -7.55. The van der Waals surface area contributed by atoms with E-state index < -0.39 is 175 Å². The molecule has 0 bridgehead atoms. The maximum Gasteiger partial charge on any atom is 0.323 e. The van der Waals surface area contributed by atoms with Crippen molar-refractivity contribution in [3.63, 3.8) is 0 Å². The third kappa shape index (κ3) is 12.4. The number of urea groups is 1. The zero-order valence-electron chi connectivity index (χ0n) is 36.7. The van der Waals surface area contributed by atoms with Gasteiger partial charge in [-0.05, 0) is 72.8 Å². The summed E-state index contributed by atoms with van der Waals surface area (Å²) in [5.74, 6) is -4.59. The van der Waals surface area contributed by atoms with Crippen molar-refractivity contribution in [2.24, 2.45) is 0 Å². The molecule has 392 valence electrons. The Bertz CT molecular complexity index is 3940. The molecule has 0 unspecified atom stereocenters. The first kappa shape index (κ1) is 55.8. The van der Waals surface area contributed by atoms with Gasteiger partial charge in [-0.15, -0.1) is 0 Å². The Morgan fingerprint density at radius 2 is 0.676 bits per heavy atom. The van der Waals surface area contributed by atoms with Crippen molar-refractivity contribution in [1.29, 1.82) is 0 Å². The van der Waals surface area contributed by atoms with Gasteiger partial charge in [0, 0.05) is 46.8 Å². The largest absolute Gasteiger partial charge is 0.325 e.